The van der Waals surface area contributed by atoms with Crippen molar-refractivity contribution in [3.63, 3.8) is 0 Å². The number of carbonyl (C=O) groups excluding carboxylic acids is 2. The largest absolute Gasteiger partial charge is 0.483 e. The molecule has 9 heteroatoms. The van der Waals surface area contributed by atoms with E-state index in [1.54, 1.807) is 30.3 Å². The standard InChI is InChI=1S/C23H17FN4O3S/c24-17-11-5-6-12-18(17)25-20(29)14-31-19-13-7-4-10-16(19)21(30)26-23-28-27-22(32-23)15-8-2-1-3-9-15/h1-13H,14H2,(H,25,29)(H,26,28,30). The van der Waals surface area contributed by atoms with E-state index in [4.69, 9.17) is 4.74 Å². The predicted octanol–water partition coefficient (Wildman–Crippen LogP) is 4.61. The number of benzene rings is 3. The van der Waals surface area contributed by atoms with Gasteiger partial charge in [0, 0.05) is 5.56 Å². The summed E-state index contributed by atoms with van der Waals surface area (Å²) in [6.07, 6.45) is 0. The molecule has 4 rings (SSSR count). The van der Waals surface area contributed by atoms with Gasteiger partial charge < -0.3 is 10.1 Å². The molecular formula is C23H17FN4O3S. The van der Waals surface area contributed by atoms with E-state index in [0.717, 1.165) is 5.56 Å². The highest BCUT2D eigenvalue weighted by Crippen LogP contribution is 2.27. The molecule has 0 unspecified atom stereocenters. The molecule has 0 aliphatic heterocycles. The molecule has 7 nitrogen and oxygen atoms in total. The topological polar surface area (TPSA) is 93.2 Å². The molecule has 160 valence electrons. The summed E-state index contributed by atoms with van der Waals surface area (Å²) in [6.45, 7) is -0.393. The van der Waals surface area contributed by atoms with Gasteiger partial charge in [0.05, 0.1) is 11.3 Å². The van der Waals surface area contributed by atoms with Crippen molar-refractivity contribution in [3.8, 4) is 16.3 Å². The fourth-order valence-corrected chi connectivity index (χ4v) is 3.55. The van der Waals surface area contributed by atoms with Gasteiger partial charge in [0.2, 0.25) is 5.13 Å². The van der Waals surface area contributed by atoms with Crippen LogP contribution < -0.4 is 15.4 Å². The van der Waals surface area contributed by atoms with Gasteiger partial charge in [-0.15, -0.1) is 10.2 Å². The molecular weight excluding hydrogens is 431 g/mol. The molecule has 2 amide bonds. The van der Waals surface area contributed by atoms with Crippen LogP contribution in [-0.4, -0.2) is 28.6 Å². The molecule has 0 fully saturated rings. The zero-order valence-electron chi connectivity index (χ0n) is 16.6. The van der Waals surface area contributed by atoms with Gasteiger partial charge >= 0.3 is 0 Å². The fourth-order valence-electron chi connectivity index (χ4n) is 2.81. The molecule has 32 heavy (non-hydrogen) atoms. The van der Waals surface area contributed by atoms with Crippen LogP contribution in [0.25, 0.3) is 10.6 Å². The first kappa shape index (κ1) is 21.1. The van der Waals surface area contributed by atoms with Gasteiger partial charge in [0.25, 0.3) is 11.8 Å². The van der Waals surface area contributed by atoms with Gasteiger partial charge in [-0.2, -0.15) is 0 Å². The number of aromatic nitrogens is 2. The molecule has 0 atom stereocenters. The lowest BCUT2D eigenvalue weighted by Gasteiger charge is -2.11. The van der Waals surface area contributed by atoms with Gasteiger partial charge in [-0.25, -0.2) is 4.39 Å². The minimum absolute atomic E-state index is 0.0534. The molecule has 2 N–H and O–H groups in total. The number of hydrogen-bond acceptors (Lipinski definition) is 6. The molecule has 0 saturated heterocycles. The molecule has 0 aliphatic carbocycles. The number of nitrogens with one attached hydrogen (secondary N) is 2. The summed E-state index contributed by atoms with van der Waals surface area (Å²) in [6, 6.07) is 21.8. The summed E-state index contributed by atoms with van der Waals surface area (Å²) in [4.78, 5) is 24.9. The molecule has 3 aromatic carbocycles. The van der Waals surface area contributed by atoms with Gasteiger partial charge in [-0.3, -0.25) is 14.9 Å². The lowest BCUT2D eigenvalue weighted by molar-refractivity contribution is -0.118. The molecule has 0 saturated carbocycles. The third-order valence-corrected chi connectivity index (χ3v) is 5.19. The van der Waals surface area contributed by atoms with Crippen LogP contribution in [0.1, 0.15) is 10.4 Å². The van der Waals surface area contributed by atoms with E-state index >= 15 is 0 Å². The first-order valence-corrected chi connectivity index (χ1v) is 10.4. The quantitative estimate of drug-likeness (QED) is 0.431. The second-order valence-electron chi connectivity index (χ2n) is 6.55. The number of hydrogen-bond donors (Lipinski definition) is 2. The molecule has 0 aliphatic rings. The Balaban J connectivity index is 1.41. The Kier molecular flexibility index (Phi) is 6.47. The van der Waals surface area contributed by atoms with Crippen LogP contribution in [0.2, 0.25) is 0 Å². The first-order valence-electron chi connectivity index (χ1n) is 9.56. The van der Waals surface area contributed by atoms with E-state index in [1.807, 2.05) is 30.3 Å². The summed E-state index contributed by atoms with van der Waals surface area (Å²) in [5, 5.41) is 14.3. The zero-order valence-corrected chi connectivity index (χ0v) is 17.4. The third-order valence-electron chi connectivity index (χ3n) is 4.30. The van der Waals surface area contributed by atoms with Crippen molar-refractivity contribution in [1.29, 1.82) is 0 Å². The van der Waals surface area contributed by atoms with Crippen LogP contribution >= 0.6 is 11.3 Å². The molecule has 0 spiro atoms. The summed E-state index contributed by atoms with van der Waals surface area (Å²) >= 11 is 1.24. The van der Waals surface area contributed by atoms with E-state index in [9.17, 15) is 14.0 Å². The Hall–Kier alpha value is -4.11. The number of ether oxygens (including phenoxy) is 1. The van der Waals surface area contributed by atoms with Crippen LogP contribution in [0, 0.1) is 5.82 Å². The van der Waals surface area contributed by atoms with Crippen molar-refractivity contribution >= 4 is 34.0 Å². The summed E-state index contributed by atoms with van der Waals surface area (Å²) in [5.41, 5.74) is 1.18. The van der Waals surface area contributed by atoms with E-state index in [-0.39, 0.29) is 17.0 Å². The minimum Gasteiger partial charge on any atom is -0.483 e. The number of para-hydroxylation sites is 2. The molecule has 4 aromatic rings. The smallest absolute Gasteiger partial charge is 0.262 e. The van der Waals surface area contributed by atoms with Gasteiger partial charge in [0.1, 0.15) is 16.6 Å². The van der Waals surface area contributed by atoms with Gasteiger partial charge in [-0.1, -0.05) is 65.9 Å². The number of amides is 2. The Morgan fingerprint density at radius 2 is 1.59 bits per heavy atom. The van der Waals surface area contributed by atoms with Crippen LogP contribution in [0.3, 0.4) is 0 Å². The second kappa shape index (κ2) is 9.80. The SMILES string of the molecule is O=C(COc1ccccc1C(=O)Nc1nnc(-c2ccccc2)s1)Nc1ccccc1F. The van der Waals surface area contributed by atoms with Crippen LogP contribution in [0.5, 0.6) is 5.75 Å². The van der Waals surface area contributed by atoms with Crippen LogP contribution in [0.4, 0.5) is 15.2 Å². The summed E-state index contributed by atoms with van der Waals surface area (Å²) in [5.74, 6) is -1.35. The number of rotatable bonds is 7. The zero-order chi connectivity index (χ0) is 22.3. The predicted molar refractivity (Wildman–Crippen MR) is 120 cm³/mol. The Bertz CT molecular complexity index is 1250. The molecule has 1 aromatic heterocycles. The Labute approximate surface area is 186 Å². The van der Waals surface area contributed by atoms with Crippen molar-refractivity contribution in [2.45, 2.75) is 0 Å². The monoisotopic (exact) mass is 448 g/mol. The highest BCUT2D eigenvalue weighted by Gasteiger charge is 2.16. The first-order chi connectivity index (χ1) is 15.6. The maximum Gasteiger partial charge on any atom is 0.262 e. The van der Waals surface area contributed by atoms with E-state index in [1.165, 1.54) is 29.5 Å². The molecule has 0 radical (unpaired) electrons. The number of carbonyl (C=O) groups is 2. The molecule has 0 bridgehead atoms. The van der Waals surface area contributed by atoms with Crippen molar-refractivity contribution in [3.05, 3.63) is 90.2 Å². The third kappa shape index (κ3) is 5.13. The van der Waals surface area contributed by atoms with Gasteiger partial charge in [0.15, 0.2) is 6.61 Å². The van der Waals surface area contributed by atoms with Crippen molar-refractivity contribution in [1.82, 2.24) is 10.2 Å². The summed E-state index contributed by atoms with van der Waals surface area (Å²) < 4.78 is 19.2. The number of halogens is 1. The average Bonchev–Trinajstić information content (AvgIpc) is 3.28. The number of nitrogens with zero attached hydrogens (tertiary/aromatic N) is 2. The lowest BCUT2D eigenvalue weighted by Crippen LogP contribution is -2.22. The second-order valence-corrected chi connectivity index (χ2v) is 7.52. The van der Waals surface area contributed by atoms with Crippen LogP contribution in [0.15, 0.2) is 78.9 Å². The molecule has 1 heterocycles. The normalized spacial score (nSPS) is 10.4. The number of anilines is 2. The van der Waals surface area contributed by atoms with E-state index in [2.05, 4.69) is 20.8 Å². The highest BCUT2D eigenvalue weighted by atomic mass is 32.1. The van der Waals surface area contributed by atoms with Crippen LogP contribution in [-0.2, 0) is 4.79 Å². The average molecular weight is 448 g/mol. The Morgan fingerprint density at radius 3 is 2.41 bits per heavy atom. The maximum absolute atomic E-state index is 13.7. The van der Waals surface area contributed by atoms with Crippen molar-refractivity contribution in [2.75, 3.05) is 17.2 Å². The summed E-state index contributed by atoms with van der Waals surface area (Å²) in [7, 11) is 0. The highest BCUT2D eigenvalue weighted by molar-refractivity contribution is 7.18. The Morgan fingerprint density at radius 1 is 0.875 bits per heavy atom. The fraction of sp³-hybridized carbons (Fsp3) is 0.0435. The minimum atomic E-state index is -0.554. The van der Waals surface area contributed by atoms with Crippen molar-refractivity contribution < 1.29 is 18.7 Å². The van der Waals surface area contributed by atoms with Crippen molar-refractivity contribution in [2.24, 2.45) is 0 Å². The van der Waals surface area contributed by atoms with Gasteiger partial charge in [-0.05, 0) is 24.3 Å². The van der Waals surface area contributed by atoms with E-state index < -0.39 is 24.2 Å². The van der Waals surface area contributed by atoms with E-state index in [0.29, 0.717) is 10.1 Å². The lowest BCUT2D eigenvalue weighted by atomic mass is 10.2. The maximum atomic E-state index is 13.7.